The van der Waals surface area contributed by atoms with Crippen LogP contribution in [-0.4, -0.2) is 23.1 Å². The molecule has 1 heterocycles. The van der Waals surface area contributed by atoms with Crippen LogP contribution in [0.5, 0.6) is 0 Å². The minimum Gasteiger partial charge on any atom is -0.253 e. The Hall–Kier alpha value is -0.310. The second-order valence-corrected chi connectivity index (χ2v) is 11.2. The molecule has 0 bridgehead atoms. The molecule has 28 heavy (non-hydrogen) atoms. The van der Waals surface area contributed by atoms with Crippen molar-refractivity contribution in [3.8, 4) is 0 Å². The molecule has 0 amide bonds. The zero-order valence-corrected chi connectivity index (χ0v) is 18.8. The molecule has 1 aliphatic rings. The minimum atomic E-state index is -4.36. The summed E-state index contributed by atoms with van der Waals surface area (Å²) < 4.78 is 44.3. The summed E-state index contributed by atoms with van der Waals surface area (Å²) >= 11 is 28.5. The summed E-state index contributed by atoms with van der Waals surface area (Å²) in [4.78, 5) is 0. The third-order valence-electron chi connectivity index (χ3n) is 4.43. The highest BCUT2D eigenvalue weighted by Gasteiger charge is 2.68. The lowest BCUT2D eigenvalue weighted by atomic mass is 9.93. The van der Waals surface area contributed by atoms with Crippen molar-refractivity contribution in [1.29, 1.82) is 0 Å². The number of alkyl halides is 3. The largest absolute Gasteiger partial charge is 0.340 e. The van der Waals surface area contributed by atoms with Gasteiger partial charge in [0, 0.05) is 15.6 Å². The molecular formula is C17H13Cl5FNO3S. The Balaban J connectivity index is 2.05. The van der Waals surface area contributed by atoms with Gasteiger partial charge in [0.05, 0.1) is 11.6 Å². The Kier molecular flexibility index (Phi) is 6.19. The zero-order chi connectivity index (χ0) is 20.9. The Bertz CT molecular complexity index is 997. The molecule has 0 saturated carbocycles. The maximum Gasteiger partial charge on any atom is 0.340 e. The number of hydrogen-bond donors (Lipinski definition) is 0. The highest BCUT2D eigenvalue weighted by atomic mass is 35.6. The fourth-order valence-electron chi connectivity index (χ4n) is 3.19. The molecular weight excluding hydrogens is 495 g/mol. The molecule has 1 fully saturated rings. The smallest absolute Gasteiger partial charge is 0.253 e. The van der Waals surface area contributed by atoms with Crippen LogP contribution in [0.4, 0.5) is 4.39 Å². The number of benzene rings is 2. The van der Waals surface area contributed by atoms with E-state index in [1.54, 1.807) is 31.2 Å². The van der Waals surface area contributed by atoms with Crippen molar-refractivity contribution >= 4 is 68.3 Å². The maximum absolute atomic E-state index is 14.6. The maximum atomic E-state index is 14.6. The van der Waals surface area contributed by atoms with Gasteiger partial charge in [0.1, 0.15) is 12.4 Å². The standard InChI is InChI=1S/C17H13Cl5FNO3S/c1-16(13-7-6-12(19)8-14(13)23)15(10-2-4-11(18)5-3-10)24(16)28(25,26)27-9-17(20,21)22/h2-8,15H,9H2,1H3. The van der Waals surface area contributed by atoms with Crippen LogP contribution in [0, 0.1) is 5.82 Å². The molecule has 0 radical (unpaired) electrons. The lowest BCUT2D eigenvalue weighted by Gasteiger charge is -2.16. The third kappa shape index (κ3) is 4.40. The van der Waals surface area contributed by atoms with Gasteiger partial charge in [-0.25, -0.2) is 4.39 Å². The highest BCUT2D eigenvalue weighted by Crippen LogP contribution is 2.62. The number of hydrogen-bond acceptors (Lipinski definition) is 3. The molecule has 0 aromatic heterocycles. The van der Waals surface area contributed by atoms with E-state index in [-0.39, 0.29) is 10.6 Å². The van der Waals surface area contributed by atoms with Crippen molar-refractivity contribution in [2.24, 2.45) is 0 Å². The number of rotatable bonds is 5. The highest BCUT2D eigenvalue weighted by molar-refractivity contribution is 7.84. The molecule has 1 saturated heterocycles. The number of nitrogens with zero attached hydrogens (tertiary/aromatic N) is 1. The second-order valence-electron chi connectivity index (χ2n) is 6.36. The average molecular weight is 508 g/mol. The first kappa shape index (κ1) is 22.4. The van der Waals surface area contributed by atoms with Crippen LogP contribution in [0.1, 0.15) is 24.1 Å². The molecule has 1 aliphatic heterocycles. The molecule has 3 atom stereocenters. The van der Waals surface area contributed by atoms with Gasteiger partial charge < -0.3 is 0 Å². The second kappa shape index (κ2) is 7.75. The predicted molar refractivity (Wildman–Crippen MR) is 110 cm³/mol. The first-order valence-corrected chi connectivity index (χ1v) is 11.1. The van der Waals surface area contributed by atoms with E-state index in [2.05, 4.69) is 0 Å². The van der Waals surface area contributed by atoms with Crippen LogP contribution < -0.4 is 0 Å². The Morgan fingerprint density at radius 3 is 2.21 bits per heavy atom. The van der Waals surface area contributed by atoms with Crippen LogP contribution in [-0.2, 0) is 20.0 Å². The van der Waals surface area contributed by atoms with E-state index < -0.39 is 38.1 Å². The van der Waals surface area contributed by atoms with Crippen molar-refractivity contribution in [2.45, 2.75) is 22.3 Å². The molecule has 2 aromatic carbocycles. The minimum absolute atomic E-state index is 0.137. The van der Waals surface area contributed by atoms with Gasteiger partial charge in [-0.3, -0.25) is 4.18 Å². The lowest BCUT2D eigenvalue weighted by Crippen LogP contribution is -2.26. The molecule has 11 heteroatoms. The Morgan fingerprint density at radius 1 is 1.11 bits per heavy atom. The summed E-state index contributed by atoms with van der Waals surface area (Å²) in [6.07, 6.45) is 0. The van der Waals surface area contributed by atoms with Gasteiger partial charge in [-0.2, -0.15) is 12.7 Å². The zero-order valence-electron chi connectivity index (χ0n) is 14.2. The van der Waals surface area contributed by atoms with Crippen molar-refractivity contribution in [3.63, 3.8) is 0 Å². The van der Waals surface area contributed by atoms with E-state index in [9.17, 15) is 12.8 Å². The lowest BCUT2D eigenvalue weighted by molar-refractivity contribution is 0.297. The van der Waals surface area contributed by atoms with Crippen molar-refractivity contribution in [3.05, 3.63) is 69.5 Å². The predicted octanol–water partition coefficient (Wildman–Crippen LogP) is 6.04. The van der Waals surface area contributed by atoms with Gasteiger partial charge in [-0.1, -0.05) is 76.2 Å². The Labute approximate surface area is 187 Å². The summed E-state index contributed by atoms with van der Waals surface area (Å²) in [5.74, 6) is -0.645. The summed E-state index contributed by atoms with van der Waals surface area (Å²) in [6, 6.07) is 9.82. The van der Waals surface area contributed by atoms with Crippen LogP contribution >= 0.6 is 58.0 Å². The van der Waals surface area contributed by atoms with Crippen molar-refractivity contribution in [2.75, 3.05) is 6.61 Å². The van der Waals surface area contributed by atoms with Crippen LogP contribution in [0.2, 0.25) is 10.0 Å². The molecule has 4 nitrogen and oxygen atoms in total. The summed E-state index contributed by atoms with van der Waals surface area (Å²) in [5.41, 5.74) is -0.533. The molecule has 0 aliphatic carbocycles. The van der Waals surface area contributed by atoms with E-state index in [0.29, 0.717) is 10.6 Å². The van der Waals surface area contributed by atoms with Gasteiger partial charge in [0.25, 0.3) is 0 Å². The van der Waals surface area contributed by atoms with Gasteiger partial charge in [0.2, 0.25) is 3.79 Å². The molecule has 2 aromatic rings. The van der Waals surface area contributed by atoms with Gasteiger partial charge in [-0.05, 0) is 36.8 Å². The molecule has 0 spiro atoms. The fourth-order valence-corrected chi connectivity index (χ4v) is 5.47. The van der Waals surface area contributed by atoms with E-state index >= 15 is 0 Å². The topological polar surface area (TPSA) is 46.4 Å². The normalized spacial score (nSPS) is 25.0. The van der Waals surface area contributed by atoms with Crippen molar-refractivity contribution < 1.29 is 17.0 Å². The first-order chi connectivity index (χ1) is 12.9. The van der Waals surface area contributed by atoms with Gasteiger partial charge in [-0.15, -0.1) is 0 Å². The van der Waals surface area contributed by atoms with E-state index in [4.69, 9.17) is 62.2 Å². The monoisotopic (exact) mass is 505 g/mol. The van der Waals surface area contributed by atoms with Crippen LogP contribution in [0.25, 0.3) is 0 Å². The SMILES string of the molecule is CC1(c2ccc(Cl)cc2F)C(c2ccc(Cl)cc2)N1S(=O)(=O)OCC(Cl)(Cl)Cl. The van der Waals surface area contributed by atoms with Gasteiger partial charge >= 0.3 is 10.3 Å². The van der Waals surface area contributed by atoms with Crippen LogP contribution in [0.3, 0.4) is 0 Å². The number of halogens is 6. The summed E-state index contributed by atoms with van der Waals surface area (Å²) in [5, 5.41) is 0.668. The molecule has 3 rings (SSSR count). The molecule has 3 unspecified atom stereocenters. The summed E-state index contributed by atoms with van der Waals surface area (Å²) in [6.45, 7) is 0.887. The van der Waals surface area contributed by atoms with Gasteiger partial charge in [0.15, 0.2) is 0 Å². The molecule has 152 valence electrons. The third-order valence-corrected chi connectivity index (χ3v) is 6.73. The molecule has 0 N–H and O–H groups in total. The Morgan fingerprint density at radius 2 is 1.68 bits per heavy atom. The fraction of sp³-hybridized carbons (Fsp3) is 0.294. The quantitative estimate of drug-likeness (QED) is 0.366. The van der Waals surface area contributed by atoms with Crippen molar-refractivity contribution in [1.82, 2.24) is 4.31 Å². The van der Waals surface area contributed by atoms with Crippen LogP contribution in [0.15, 0.2) is 42.5 Å². The first-order valence-electron chi connectivity index (χ1n) is 7.83. The average Bonchev–Trinajstić information content (AvgIpc) is 3.21. The van der Waals surface area contributed by atoms with E-state index in [0.717, 1.165) is 10.4 Å². The van der Waals surface area contributed by atoms with E-state index in [1.165, 1.54) is 12.1 Å². The van der Waals surface area contributed by atoms with E-state index in [1.807, 2.05) is 0 Å². The summed E-state index contributed by atoms with van der Waals surface area (Å²) in [7, 11) is -4.36.